The molecule has 1 aromatic heterocycles. The number of aromatic nitrogens is 2. The van der Waals surface area contributed by atoms with Crippen molar-refractivity contribution < 1.29 is 21.6 Å². The maximum Gasteiger partial charge on any atom is 0.501 e. The fourth-order valence-electron chi connectivity index (χ4n) is 1.64. The molecule has 0 fully saturated rings. The van der Waals surface area contributed by atoms with Crippen molar-refractivity contribution in [2.45, 2.75) is 36.6 Å². The van der Waals surface area contributed by atoms with Crippen molar-refractivity contribution in [3.05, 3.63) is 24.0 Å². The Balaban J connectivity index is 2.61. The Bertz CT molecular complexity index is 755. The van der Waals surface area contributed by atoms with Gasteiger partial charge in [-0.1, -0.05) is 20.8 Å². The van der Waals surface area contributed by atoms with Crippen molar-refractivity contribution >= 4 is 20.9 Å². The molecule has 0 spiro atoms. The Labute approximate surface area is 113 Å². The van der Waals surface area contributed by atoms with Gasteiger partial charge in [-0.2, -0.15) is 13.2 Å². The maximum atomic E-state index is 12.5. The summed E-state index contributed by atoms with van der Waals surface area (Å²) in [6.45, 7) is 5.66. The number of fused-ring (bicyclic) bond motifs is 1. The minimum atomic E-state index is -5.35. The van der Waals surface area contributed by atoms with E-state index in [1.165, 1.54) is 6.07 Å². The number of rotatable bonds is 1. The SMILES string of the molecule is CC(C)(C)c1nc2cc(S(=O)(=O)C(F)(F)F)ccc2[nH]1. The van der Waals surface area contributed by atoms with Gasteiger partial charge >= 0.3 is 5.51 Å². The van der Waals surface area contributed by atoms with Gasteiger partial charge < -0.3 is 4.98 Å². The molecule has 0 bridgehead atoms. The van der Waals surface area contributed by atoms with Gasteiger partial charge in [0.1, 0.15) is 5.82 Å². The van der Waals surface area contributed by atoms with Crippen LogP contribution in [-0.4, -0.2) is 23.9 Å². The van der Waals surface area contributed by atoms with Crippen molar-refractivity contribution in [2.75, 3.05) is 0 Å². The summed E-state index contributed by atoms with van der Waals surface area (Å²) in [5.41, 5.74) is -4.94. The van der Waals surface area contributed by atoms with Gasteiger partial charge in [-0.05, 0) is 18.2 Å². The first kappa shape index (κ1) is 14.8. The van der Waals surface area contributed by atoms with E-state index in [0.717, 1.165) is 12.1 Å². The van der Waals surface area contributed by atoms with Crippen LogP contribution in [0.4, 0.5) is 13.2 Å². The molecule has 1 heterocycles. The number of benzene rings is 1. The highest BCUT2D eigenvalue weighted by Crippen LogP contribution is 2.32. The normalized spacial score (nSPS) is 13.9. The molecule has 2 aromatic rings. The second-order valence-corrected chi connectivity index (χ2v) is 7.40. The maximum absolute atomic E-state index is 12.5. The van der Waals surface area contributed by atoms with Crippen LogP contribution in [-0.2, 0) is 15.3 Å². The molecule has 0 radical (unpaired) electrons. The number of aromatic amines is 1. The zero-order valence-corrected chi connectivity index (χ0v) is 11.9. The minimum Gasteiger partial charge on any atom is -0.342 e. The van der Waals surface area contributed by atoms with Crippen LogP contribution in [0, 0.1) is 0 Å². The van der Waals surface area contributed by atoms with Gasteiger partial charge in [0.25, 0.3) is 9.84 Å². The molecule has 0 aliphatic rings. The first-order valence-electron chi connectivity index (χ1n) is 5.74. The summed E-state index contributed by atoms with van der Waals surface area (Å²) >= 11 is 0. The summed E-state index contributed by atoms with van der Waals surface area (Å²) in [5.74, 6) is 0.578. The van der Waals surface area contributed by atoms with Crippen LogP contribution < -0.4 is 0 Å². The van der Waals surface area contributed by atoms with Crippen LogP contribution >= 0.6 is 0 Å². The van der Waals surface area contributed by atoms with Crippen molar-refractivity contribution in [2.24, 2.45) is 0 Å². The molecule has 1 aromatic carbocycles. The smallest absolute Gasteiger partial charge is 0.342 e. The molecule has 2 rings (SSSR count). The number of nitrogens with one attached hydrogen (secondary N) is 1. The van der Waals surface area contributed by atoms with Gasteiger partial charge in [0.2, 0.25) is 0 Å². The molecular formula is C12H13F3N2O2S. The Kier molecular flexibility index (Phi) is 3.12. The lowest BCUT2D eigenvalue weighted by Gasteiger charge is -2.13. The predicted octanol–water partition coefficient (Wildman–Crippen LogP) is 3.15. The third-order valence-corrected chi connectivity index (χ3v) is 4.26. The predicted molar refractivity (Wildman–Crippen MR) is 68.0 cm³/mol. The Hall–Kier alpha value is -1.57. The van der Waals surface area contributed by atoms with Gasteiger partial charge in [-0.15, -0.1) is 0 Å². The van der Waals surface area contributed by atoms with E-state index in [1.807, 2.05) is 20.8 Å². The molecule has 110 valence electrons. The number of hydrogen-bond acceptors (Lipinski definition) is 3. The van der Waals surface area contributed by atoms with E-state index in [-0.39, 0.29) is 10.9 Å². The summed E-state index contributed by atoms with van der Waals surface area (Å²) in [6.07, 6.45) is 0. The third-order valence-electron chi connectivity index (χ3n) is 2.78. The number of alkyl halides is 3. The van der Waals surface area contributed by atoms with Crippen LogP contribution in [0.2, 0.25) is 0 Å². The molecule has 0 aliphatic carbocycles. The van der Waals surface area contributed by atoms with Crippen LogP contribution in [0.25, 0.3) is 11.0 Å². The molecule has 20 heavy (non-hydrogen) atoms. The lowest BCUT2D eigenvalue weighted by atomic mass is 9.96. The minimum absolute atomic E-state index is 0.195. The first-order chi connectivity index (χ1) is 8.93. The first-order valence-corrected chi connectivity index (χ1v) is 7.23. The highest BCUT2D eigenvalue weighted by Gasteiger charge is 2.47. The highest BCUT2D eigenvalue weighted by atomic mass is 32.2. The van der Waals surface area contributed by atoms with E-state index in [0.29, 0.717) is 11.3 Å². The third kappa shape index (κ3) is 2.39. The molecular weight excluding hydrogens is 293 g/mol. The Morgan fingerprint density at radius 1 is 1.15 bits per heavy atom. The van der Waals surface area contributed by atoms with Crippen molar-refractivity contribution in [3.63, 3.8) is 0 Å². The molecule has 8 heteroatoms. The van der Waals surface area contributed by atoms with Gasteiger partial charge in [0.15, 0.2) is 0 Å². The van der Waals surface area contributed by atoms with Crippen molar-refractivity contribution in [1.82, 2.24) is 9.97 Å². The van der Waals surface area contributed by atoms with E-state index in [9.17, 15) is 21.6 Å². The standard InChI is InChI=1S/C12H13F3N2O2S/c1-11(2,3)10-16-8-5-4-7(6-9(8)17-10)20(18,19)12(13,14)15/h4-6H,1-3H3,(H,16,17). The molecule has 0 unspecified atom stereocenters. The number of sulfone groups is 1. The van der Waals surface area contributed by atoms with E-state index in [1.54, 1.807) is 0 Å². The number of halogens is 3. The average Bonchev–Trinajstić information content (AvgIpc) is 2.69. The van der Waals surface area contributed by atoms with Crippen LogP contribution in [0.15, 0.2) is 23.1 Å². The number of hydrogen-bond donors (Lipinski definition) is 1. The van der Waals surface area contributed by atoms with Crippen LogP contribution in [0.3, 0.4) is 0 Å². The summed E-state index contributed by atoms with van der Waals surface area (Å²) in [4.78, 5) is 6.32. The fraction of sp³-hybridized carbons (Fsp3) is 0.417. The summed E-state index contributed by atoms with van der Waals surface area (Å²) in [6, 6.07) is 3.15. The molecule has 0 aliphatic heterocycles. The highest BCUT2D eigenvalue weighted by molar-refractivity contribution is 7.92. The number of nitrogens with zero attached hydrogens (tertiary/aromatic N) is 1. The zero-order chi connectivity index (χ0) is 15.3. The molecule has 4 nitrogen and oxygen atoms in total. The largest absolute Gasteiger partial charge is 0.501 e. The number of H-pyrrole nitrogens is 1. The summed E-state index contributed by atoms with van der Waals surface area (Å²) in [5, 5.41) is 0. The molecule has 0 amide bonds. The van der Waals surface area contributed by atoms with Crippen molar-refractivity contribution in [3.8, 4) is 0 Å². The Morgan fingerprint density at radius 3 is 2.25 bits per heavy atom. The Morgan fingerprint density at radius 2 is 1.75 bits per heavy atom. The van der Waals surface area contributed by atoms with Gasteiger partial charge in [-0.25, -0.2) is 13.4 Å². The van der Waals surface area contributed by atoms with E-state index in [4.69, 9.17) is 0 Å². The lowest BCUT2D eigenvalue weighted by Crippen LogP contribution is -2.23. The van der Waals surface area contributed by atoms with Gasteiger partial charge in [-0.3, -0.25) is 0 Å². The number of imidazole rings is 1. The van der Waals surface area contributed by atoms with Gasteiger partial charge in [0.05, 0.1) is 15.9 Å². The van der Waals surface area contributed by atoms with Crippen molar-refractivity contribution in [1.29, 1.82) is 0 Å². The van der Waals surface area contributed by atoms with E-state index in [2.05, 4.69) is 9.97 Å². The van der Waals surface area contributed by atoms with E-state index >= 15 is 0 Å². The van der Waals surface area contributed by atoms with Crippen LogP contribution in [0.1, 0.15) is 26.6 Å². The second-order valence-electron chi connectivity index (χ2n) is 5.46. The van der Waals surface area contributed by atoms with Gasteiger partial charge in [0, 0.05) is 5.41 Å². The summed E-state index contributed by atoms with van der Waals surface area (Å²) in [7, 11) is -5.35. The lowest BCUT2D eigenvalue weighted by molar-refractivity contribution is -0.0435. The average molecular weight is 306 g/mol. The molecule has 0 saturated heterocycles. The quantitative estimate of drug-likeness (QED) is 0.880. The van der Waals surface area contributed by atoms with E-state index < -0.39 is 20.2 Å². The molecule has 0 saturated carbocycles. The monoisotopic (exact) mass is 306 g/mol. The molecule has 0 atom stereocenters. The summed E-state index contributed by atoms with van der Waals surface area (Å²) < 4.78 is 60.2. The second kappa shape index (κ2) is 4.21. The zero-order valence-electron chi connectivity index (χ0n) is 11.0. The fourth-order valence-corrected chi connectivity index (χ4v) is 2.42. The molecule has 1 N–H and O–H groups in total. The van der Waals surface area contributed by atoms with Crippen LogP contribution in [0.5, 0.6) is 0 Å². The topological polar surface area (TPSA) is 62.8 Å².